The highest BCUT2D eigenvalue weighted by Crippen LogP contribution is 2.22. The number of alkyl carbamates (subject to hydrolysis) is 1. The van der Waals surface area contributed by atoms with E-state index in [1.54, 1.807) is 18.2 Å². The molecule has 1 aromatic rings. The van der Waals surface area contributed by atoms with Gasteiger partial charge in [-0.15, -0.1) is 0 Å². The highest BCUT2D eigenvalue weighted by molar-refractivity contribution is 6.42. The molecule has 0 fully saturated rings. The molecule has 2 amide bonds. The topological polar surface area (TPSA) is 81.4 Å². The number of ether oxygens (including phenoxy) is 1. The first-order chi connectivity index (χ1) is 8.88. The second-order valence-corrected chi connectivity index (χ2v) is 4.49. The van der Waals surface area contributed by atoms with Gasteiger partial charge in [0.25, 0.3) is 0 Å². The molecule has 1 rings (SSSR count). The Morgan fingerprint density at radius 3 is 2.63 bits per heavy atom. The molecule has 0 saturated carbocycles. The van der Waals surface area contributed by atoms with E-state index in [0.29, 0.717) is 21.3 Å². The minimum atomic E-state index is -0.693. The van der Waals surface area contributed by atoms with E-state index in [1.807, 2.05) is 0 Å². The van der Waals surface area contributed by atoms with E-state index < -0.39 is 12.0 Å². The van der Waals surface area contributed by atoms with Crippen LogP contribution in [-0.4, -0.2) is 12.0 Å². The smallest absolute Gasteiger partial charge is 0.411 e. The molecule has 3 N–H and O–H groups in total. The van der Waals surface area contributed by atoms with Gasteiger partial charge in [0.05, 0.1) is 10.0 Å². The third-order valence-electron chi connectivity index (χ3n) is 2.01. The van der Waals surface area contributed by atoms with Gasteiger partial charge in [0, 0.05) is 11.8 Å². The van der Waals surface area contributed by atoms with Crippen molar-refractivity contribution in [1.82, 2.24) is 5.32 Å². The quantitative estimate of drug-likeness (QED) is 0.839. The van der Waals surface area contributed by atoms with Gasteiger partial charge in [-0.2, -0.15) is 0 Å². The number of hydrogen-bond donors (Lipinski definition) is 2. The Labute approximate surface area is 120 Å². The molecule has 0 bridgehead atoms. The van der Waals surface area contributed by atoms with Crippen LogP contribution in [0.5, 0.6) is 0 Å². The van der Waals surface area contributed by atoms with Crippen molar-refractivity contribution in [2.45, 2.75) is 13.5 Å². The van der Waals surface area contributed by atoms with Gasteiger partial charge in [-0.3, -0.25) is 10.1 Å². The molecule has 7 heteroatoms. The zero-order chi connectivity index (χ0) is 14.4. The van der Waals surface area contributed by atoms with Crippen molar-refractivity contribution in [3.05, 3.63) is 45.6 Å². The van der Waals surface area contributed by atoms with Gasteiger partial charge < -0.3 is 10.5 Å². The van der Waals surface area contributed by atoms with Gasteiger partial charge in [-0.05, 0) is 24.6 Å². The van der Waals surface area contributed by atoms with E-state index in [9.17, 15) is 9.59 Å². The van der Waals surface area contributed by atoms with Crippen LogP contribution in [0.3, 0.4) is 0 Å². The molecule has 0 spiro atoms. The van der Waals surface area contributed by atoms with Crippen LogP contribution >= 0.6 is 23.2 Å². The number of allylic oxidation sites excluding steroid dienone is 1. The molecule has 0 aliphatic rings. The van der Waals surface area contributed by atoms with Crippen molar-refractivity contribution in [3.63, 3.8) is 0 Å². The van der Waals surface area contributed by atoms with Gasteiger partial charge in [-0.25, -0.2) is 4.79 Å². The Bertz CT molecular complexity index is 530. The molecule has 19 heavy (non-hydrogen) atoms. The summed E-state index contributed by atoms with van der Waals surface area (Å²) in [5, 5.41) is 3.16. The second-order valence-electron chi connectivity index (χ2n) is 3.68. The monoisotopic (exact) mass is 302 g/mol. The van der Waals surface area contributed by atoms with Gasteiger partial charge in [-0.1, -0.05) is 29.3 Å². The Morgan fingerprint density at radius 2 is 2.05 bits per heavy atom. The zero-order valence-electron chi connectivity index (χ0n) is 10.1. The van der Waals surface area contributed by atoms with Crippen LogP contribution in [0.4, 0.5) is 4.79 Å². The molecule has 0 saturated heterocycles. The summed E-state index contributed by atoms with van der Waals surface area (Å²) in [5.41, 5.74) is 5.92. The van der Waals surface area contributed by atoms with Crippen LogP contribution in [0.15, 0.2) is 30.0 Å². The highest BCUT2D eigenvalue weighted by atomic mass is 35.5. The second kappa shape index (κ2) is 7.01. The number of nitrogens with one attached hydrogen (secondary N) is 1. The van der Waals surface area contributed by atoms with Crippen LogP contribution in [-0.2, 0) is 16.1 Å². The van der Waals surface area contributed by atoms with Crippen LogP contribution < -0.4 is 11.1 Å². The van der Waals surface area contributed by atoms with Crippen molar-refractivity contribution in [3.8, 4) is 0 Å². The van der Waals surface area contributed by atoms with Gasteiger partial charge in [0.15, 0.2) is 0 Å². The first-order valence-corrected chi connectivity index (χ1v) is 5.99. The number of halogens is 2. The van der Waals surface area contributed by atoms with E-state index in [-0.39, 0.29) is 6.61 Å². The van der Waals surface area contributed by atoms with Crippen LogP contribution in [0.2, 0.25) is 10.0 Å². The van der Waals surface area contributed by atoms with Crippen molar-refractivity contribution >= 4 is 35.2 Å². The maximum absolute atomic E-state index is 11.4. The summed E-state index contributed by atoms with van der Waals surface area (Å²) in [6.45, 7) is 1.55. The number of rotatable bonds is 4. The van der Waals surface area contributed by atoms with Crippen molar-refractivity contribution in [2.75, 3.05) is 0 Å². The lowest BCUT2D eigenvalue weighted by Crippen LogP contribution is -2.23. The number of benzene rings is 1. The maximum Gasteiger partial charge on any atom is 0.411 e. The molecule has 0 aliphatic carbocycles. The summed E-state index contributed by atoms with van der Waals surface area (Å²) in [6, 6.07) is 4.90. The third-order valence-corrected chi connectivity index (χ3v) is 2.75. The van der Waals surface area contributed by atoms with Gasteiger partial charge >= 0.3 is 6.09 Å². The minimum Gasteiger partial charge on any atom is -0.444 e. The van der Waals surface area contributed by atoms with Crippen LogP contribution in [0.25, 0.3) is 0 Å². The molecule has 0 heterocycles. The summed E-state index contributed by atoms with van der Waals surface area (Å²) in [7, 11) is 0. The molecule has 102 valence electrons. The van der Waals surface area contributed by atoms with Crippen LogP contribution in [0, 0.1) is 0 Å². The molecule has 0 radical (unpaired) electrons. The van der Waals surface area contributed by atoms with Crippen LogP contribution in [0.1, 0.15) is 12.5 Å². The molecule has 0 aromatic heterocycles. The minimum absolute atomic E-state index is 0.0343. The normalized spacial score (nSPS) is 11.0. The summed E-state index contributed by atoms with van der Waals surface area (Å²) < 4.78 is 4.93. The third kappa shape index (κ3) is 5.63. The van der Waals surface area contributed by atoms with E-state index in [0.717, 1.165) is 6.08 Å². The average molecular weight is 303 g/mol. The number of primary amides is 1. The molecular formula is C12H12Cl2N2O3. The van der Waals surface area contributed by atoms with E-state index in [2.05, 4.69) is 5.32 Å². The lowest BCUT2D eigenvalue weighted by Gasteiger charge is -2.07. The molecule has 0 atom stereocenters. The first-order valence-electron chi connectivity index (χ1n) is 5.24. The van der Waals surface area contributed by atoms with Crippen molar-refractivity contribution in [1.29, 1.82) is 0 Å². The molecular weight excluding hydrogens is 291 g/mol. The Morgan fingerprint density at radius 1 is 1.37 bits per heavy atom. The average Bonchev–Trinajstić information content (AvgIpc) is 2.29. The molecule has 0 aliphatic heterocycles. The fourth-order valence-corrected chi connectivity index (χ4v) is 1.55. The van der Waals surface area contributed by atoms with E-state index in [1.165, 1.54) is 6.92 Å². The largest absolute Gasteiger partial charge is 0.444 e. The van der Waals surface area contributed by atoms with E-state index >= 15 is 0 Å². The maximum atomic E-state index is 11.4. The predicted molar refractivity (Wildman–Crippen MR) is 72.7 cm³/mol. The number of amides is 2. The molecule has 1 aromatic carbocycles. The Kier molecular flexibility index (Phi) is 5.66. The van der Waals surface area contributed by atoms with E-state index in [4.69, 9.17) is 33.7 Å². The summed E-state index contributed by atoms with van der Waals surface area (Å²) >= 11 is 11.6. The number of hydrogen-bond acceptors (Lipinski definition) is 3. The molecule has 5 nitrogen and oxygen atoms in total. The Hall–Kier alpha value is -1.72. The molecule has 0 unspecified atom stereocenters. The van der Waals surface area contributed by atoms with Crippen molar-refractivity contribution < 1.29 is 14.3 Å². The fraction of sp³-hybridized carbons (Fsp3) is 0.167. The number of nitrogens with two attached hydrogens (primary N) is 1. The summed E-state index contributed by atoms with van der Waals surface area (Å²) in [4.78, 5) is 21.9. The zero-order valence-corrected chi connectivity index (χ0v) is 11.6. The lowest BCUT2D eigenvalue weighted by atomic mass is 10.2. The Balaban J connectivity index is 2.50. The predicted octanol–water partition coefficient (Wildman–Crippen LogP) is 2.61. The first kappa shape index (κ1) is 15.3. The fourth-order valence-electron chi connectivity index (χ4n) is 1.22. The standard InChI is InChI=1S/C12H12Cl2N2O3/c1-7(4-11(15)17)16-12(18)19-6-8-2-3-9(13)10(14)5-8/h2-5H,6H2,1H3,(H2,15,17)(H,16,18). The number of carbonyl (C=O) groups is 2. The van der Waals surface area contributed by atoms with Gasteiger partial charge in [0.2, 0.25) is 5.91 Å². The SMILES string of the molecule is CC(=CC(N)=O)NC(=O)OCc1ccc(Cl)c(Cl)c1. The summed E-state index contributed by atoms with van der Waals surface area (Å²) in [6.07, 6.45) is 0.390. The van der Waals surface area contributed by atoms with Gasteiger partial charge in [0.1, 0.15) is 6.61 Å². The lowest BCUT2D eigenvalue weighted by molar-refractivity contribution is -0.113. The highest BCUT2D eigenvalue weighted by Gasteiger charge is 2.05. The van der Waals surface area contributed by atoms with Crippen molar-refractivity contribution in [2.24, 2.45) is 5.73 Å². The number of carbonyl (C=O) groups excluding carboxylic acids is 2. The summed E-state index contributed by atoms with van der Waals surface area (Å²) in [5.74, 6) is -0.651.